The Balaban J connectivity index is 3.51. The highest BCUT2D eigenvalue weighted by Crippen LogP contribution is 2.21. The lowest BCUT2D eigenvalue weighted by Gasteiger charge is -2.03. The number of nitrogens with two attached hydrogens (primary N) is 1. The third-order valence-electron chi connectivity index (χ3n) is 1.14. The lowest BCUT2D eigenvalue weighted by molar-refractivity contribution is 1.37. The van der Waals surface area contributed by atoms with Gasteiger partial charge in [-0.15, -0.1) is 0 Å². The molecule has 0 amide bonds. The zero-order valence-corrected chi connectivity index (χ0v) is 6.70. The molecule has 0 aromatic heterocycles. The van der Waals surface area contributed by atoms with Crippen LogP contribution in [0.25, 0.3) is 0 Å². The summed E-state index contributed by atoms with van der Waals surface area (Å²) in [5, 5.41) is 0. The first-order valence-corrected chi connectivity index (χ1v) is 3.43. The van der Waals surface area contributed by atoms with E-state index in [-0.39, 0.29) is 16.8 Å². The molecule has 0 saturated carbocycles. The first kappa shape index (κ1) is 2.86. The van der Waals surface area contributed by atoms with Crippen LogP contribution in [0.5, 0.6) is 0 Å². The predicted molar refractivity (Wildman–Crippen MR) is 48.0 cm³/mol. The molecule has 0 aliphatic heterocycles. The summed E-state index contributed by atoms with van der Waals surface area (Å²) in [6, 6.07) is 2.63. The van der Waals surface area contributed by atoms with Crippen LogP contribution in [-0.4, -0.2) is 0 Å². The average Bonchev–Trinajstić information content (AvgIpc) is 2.04. The van der Waals surface area contributed by atoms with E-state index in [4.69, 9.17) is 14.0 Å². The SMILES string of the molecule is [2H]C([2H])([2H])c1cc(Br)cc(C([2H])([2H])[2H])c1N. The van der Waals surface area contributed by atoms with Crippen LogP contribution < -0.4 is 5.73 Å². The first-order chi connectivity index (χ1) is 7.03. The molecule has 1 nitrogen and oxygen atoms in total. The smallest absolute Gasteiger partial charge is 0.0374 e. The molecular weight excluding hydrogens is 190 g/mol. The monoisotopic (exact) mass is 205 g/mol. The second kappa shape index (κ2) is 2.62. The topological polar surface area (TPSA) is 26.0 Å². The zero-order chi connectivity index (χ0) is 12.7. The van der Waals surface area contributed by atoms with Crippen molar-refractivity contribution in [3.63, 3.8) is 0 Å². The molecular formula is C8H10BrN. The number of anilines is 1. The van der Waals surface area contributed by atoms with Gasteiger partial charge in [0.2, 0.25) is 0 Å². The van der Waals surface area contributed by atoms with E-state index in [1.165, 1.54) is 12.1 Å². The summed E-state index contributed by atoms with van der Waals surface area (Å²) in [5.74, 6) is 0. The maximum atomic E-state index is 7.26. The molecule has 1 rings (SSSR count). The fourth-order valence-electron chi connectivity index (χ4n) is 0.618. The molecule has 0 radical (unpaired) electrons. The Labute approximate surface area is 77.8 Å². The van der Waals surface area contributed by atoms with Crippen molar-refractivity contribution in [3.8, 4) is 0 Å². The van der Waals surface area contributed by atoms with Crippen molar-refractivity contribution in [2.24, 2.45) is 0 Å². The molecule has 54 valence electrons. The van der Waals surface area contributed by atoms with Gasteiger partial charge in [0.1, 0.15) is 0 Å². The minimum absolute atomic E-state index is 0.145. The lowest BCUT2D eigenvalue weighted by Crippen LogP contribution is -1.92. The Morgan fingerprint density at radius 3 is 2.30 bits per heavy atom. The van der Waals surface area contributed by atoms with Crippen LogP contribution in [0.15, 0.2) is 16.6 Å². The standard InChI is InChI=1S/C8H10BrN/c1-5-3-7(9)4-6(2)8(5)10/h3-4H,10H2,1-2H3/i1D3,2D3. The van der Waals surface area contributed by atoms with Gasteiger partial charge in [-0.2, -0.15) is 0 Å². The van der Waals surface area contributed by atoms with E-state index >= 15 is 0 Å². The summed E-state index contributed by atoms with van der Waals surface area (Å²) in [5.41, 5.74) is 5.10. The summed E-state index contributed by atoms with van der Waals surface area (Å²) in [6.45, 7) is -4.85. The minimum atomic E-state index is -2.42. The molecule has 0 unspecified atom stereocenters. The number of aryl methyl sites for hydroxylation is 2. The molecule has 0 aliphatic carbocycles. The fraction of sp³-hybridized carbons (Fsp3) is 0.250. The van der Waals surface area contributed by atoms with Gasteiger partial charge in [0, 0.05) is 18.4 Å². The van der Waals surface area contributed by atoms with E-state index in [1.54, 1.807) is 0 Å². The van der Waals surface area contributed by atoms with Gasteiger partial charge >= 0.3 is 0 Å². The molecule has 1 aromatic carbocycles. The number of nitrogen functional groups attached to an aromatic ring is 1. The Morgan fingerprint density at radius 2 is 1.90 bits per heavy atom. The maximum absolute atomic E-state index is 7.26. The number of benzene rings is 1. The van der Waals surface area contributed by atoms with Crippen LogP contribution >= 0.6 is 15.9 Å². The fourth-order valence-corrected chi connectivity index (χ4v) is 1.08. The molecule has 0 aliphatic rings. The molecule has 2 heteroatoms. The highest BCUT2D eigenvalue weighted by Gasteiger charge is 1.97. The van der Waals surface area contributed by atoms with Gasteiger partial charge in [0.05, 0.1) is 0 Å². The maximum Gasteiger partial charge on any atom is 0.0374 e. The van der Waals surface area contributed by atoms with E-state index in [1.807, 2.05) is 0 Å². The second-order valence-corrected chi connectivity index (χ2v) is 2.83. The highest BCUT2D eigenvalue weighted by molar-refractivity contribution is 9.10. The van der Waals surface area contributed by atoms with Crippen molar-refractivity contribution >= 4 is 21.6 Å². The van der Waals surface area contributed by atoms with E-state index in [9.17, 15) is 0 Å². The number of rotatable bonds is 0. The van der Waals surface area contributed by atoms with Gasteiger partial charge in [-0.25, -0.2) is 0 Å². The molecule has 0 bridgehead atoms. The summed E-state index contributed by atoms with van der Waals surface area (Å²) < 4.78 is 44.0. The molecule has 0 heterocycles. The molecule has 10 heavy (non-hydrogen) atoms. The van der Waals surface area contributed by atoms with Crippen molar-refractivity contribution < 1.29 is 8.22 Å². The third kappa shape index (κ3) is 1.32. The van der Waals surface area contributed by atoms with Crippen LogP contribution in [0.2, 0.25) is 0 Å². The van der Waals surface area contributed by atoms with Gasteiger partial charge in [-0.05, 0) is 37.0 Å². The Hall–Kier alpha value is -0.500. The average molecular weight is 206 g/mol. The number of halogens is 1. The van der Waals surface area contributed by atoms with Crippen LogP contribution in [0.3, 0.4) is 0 Å². The van der Waals surface area contributed by atoms with E-state index in [0.29, 0.717) is 4.47 Å². The normalized spacial score (nSPS) is 21.3. The van der Waals surface area contributed by atoms with E-state index in [2.05, 4.69) is 15.9 Å². The molecule has 1 aromatic rings. The van der Waals surface area contributed by atoms with E-state index in [0.717, 1.165) is 0 Å². The van der Waals surface area contributed by atoms with Crippen LogP contribution in [0, 0.1) is 13.7 Å². The van der Waals surface area contributed by atoms with Crippen LogP contribution in [-0.2, 0) is 0 Å². The van der Waals surface area contributed by atoms with Crippen LogP contribution in [0.4, 0.5) is 5.69 Å². The molecule has 0 spiro atoms. The molecule has 0 saturated heterocycles. The summed E-state index contributed by atoms with van der Waals surface area (Å²) in [6.07, 6.45) is 0. The lowest BCUT2D eigenvalue weighted by atomic mass is 10.1. The predicted octanol–water partition coefficient (Wildman–Crippen LogP) is 2.65. The van der Waals surface area contributed by atoms with Crippen molar-refractivity contribution in [2.75, 3.05) is 5.73 Å². The third-order valence-corrected chi connectivity index (χ3v) is 1.60. The summed E-state index contributed by atoms with van der Waals surface area (Å²) in [4.78, 5) is 0. The molecule has 0 atom stereocenters. The molecule has 0 fully saturated rings. The quantitative estimate of drug-likeness (QED) is 0.649. The summed E-state index contributed by atoms with van der Waals surface area (Å²) in [7, 11) is 0. The minimum Gasteiger partial charge on any atom is -0.398 e. The first-order valence-electron chi connectivity index (χ1n) is 5.63. The Bertz CT molecular complexity index is 373. The largest absolute Gasteiger partial charge is 0.398 e. The van der Waals surface area contributed by atoms with Gasteiger partial charge in [0.25, 0.3) is 0 Å². The van der Waals surface area contributed by atoms with Gasteiger partial charge in [-0.1, -0.05) is 15.9 Å². The zero-order valence-electron chi connectivity index (χ0n) is 11.1. The number of hydrogen-bond acceptors (Lipinski definition) is 1. The van der Waals surface area contributed by atoms with Crippen molar-refractivity contribution in [1.82, 2.24) is 0 Å². The second-order valence-electron chi connectivity index (χ2n) is 1.91. The molecule has 2 N–H and O–H groups in total. The summed E-state index contributed by atoms with van der Waals surface area (Å²) >= 11 is 3.08. The number of hydrogen-bond donors (Lipinski definition) is 1. The van der Waals surface area contributed by atoms with Gasteiger partial charge < -0.3 is 5.73 Å². The Morgan fingerprint density at radius 1 is 1.40 bits per heavy atom. The Kier molecular flexibility index (Phi) is 0.750. The van der Waals surface area contributed by atoms with Crippen molar-refractivity contribution in [1.29, 1.82) is 0 Å². The highest BCUT2D eigenvalue weighted by atomic mass is 79.9. The van der Waals surface area contributed by atoms with Crippen LogP contribution in [0.1, 0.15) is 19.4 Å². The van der Waals surface area contributed by atoms with E-state index < -0.39 is 13.7 Å². The van der Waals surface area contributed by atoms with Crippen molar-refractivity contribution in [3.05, 3.63) is 27.7 Å². The van der Waals surface area contributed by atoms with Gasteiger partial charge in [0.15, 0.2) is 0 Å². The van der Waals surface area contributed by atoms with Crippen molar-refractivity contribution in [2.45, 2.75) is 13.7 Å². The van der Waals surface area contributed by atoms with Gasteiger partial charge in [-0.3, -0.25) is 0 Å².